The number of amides is 1. The maximum absolute atomic E-state index is 12.5. The van der Waals surface area contributed by atoms with Crippen molar-refractivity contribution in [1.29, 1.82) is 0 Å². The molecule has 122 valence electrons. The fourth-order valence-electron chi connectivity index (χ4n) is 3.11. The molecule has 1 aliphatic carbocycles. The number of pyridine rings is 2. The molecule has 5 nitrogen and oxygen atoms in total. The maximum atomic E-state index is 12.5. The maximum Gasteiger partial charge on any atom is 0.269 e. The van der Waals surface area contributed by atoms with Gasteiger partial charge in [0.1, 0.15) is 15.5 Å². The van der Waals surface area contributed by atoms with Crippen molar-refractivity contribution < 1.29 is 4.79 Å². The normalized spacial score (nSPS) is 14.2. The van der Waals surface area contributed by atoms with Gasteiger partial charge in [-0.25, -0.2) is 9.97 Å². The lowest BCUT2D eigenvalue weighted by Crippen LogP contribution is -2.12. The minimum absolute atomic E-state index is 0.232. The Balaban J connectivity index is 1.71. The number of anilines is 2. The lowest BCUT2D eigenvalue weighted by molar-refractivity contribution is 0.103. The highest BCUT2D eigenvalue weighted by atomic mass is 32.1. The Morgan fingerprint density at radius 3 is 2.92 bits per heavy atom. The molecule has 3 aromatic rings. The van der Waals surface area contributed by atoms with Crippen LogP contribution >= 0.6 is 11.3 Å². The smallest absolute Gasteiger partial charge is 0.269 e. The number of nitrogens with two attached hydrogens (primary N) is 1. The average molecular weight is 338 g/mol. The lowest BCUT2D eigenvalue weighted by atomic mass is 10.1. The molecule has 0 saturated heterocycles. The van der Waals surface area contributed by atoms with Crippen LogP contribution in [0.2, 0.25) is 0 Å². The molecule has 0 saturated carbocycles. The third-order valence-corrected chi connectivity index (χ3v) is 5.48. The fourth-order valence-corrected chi connectivity index (χ4v) is 4.11. The molecule has 6 heteroatoms. The van der Waals surface area contributed by atoms with Crippen LogP contribution in [0.15, 0.2) is 30.5 Å². The third kappa shape index (κ3) is 2.73. The van der Waals surface area contributed by atoms with Gasteiger partial charge in [-0.3, -0.25) is 4.79 Å². The number of nitrogens with one attached hydrogen (secondary N) is 1. The number of carbonyl (C=O) groups is 1. The molecule has 1 amide bonds. The first-order chi connectivity index (χ1) is 11.7. The Hall–Kier alpha value is -2.47. The molecule has 0 unspecified atom stereocenters. The van der Waals surface area contributed by atoms with E-state index in [0.717, 1.165) is 28.8 Å². The number of aromatic nitrogens is 2. The molecule has 3 heterocycles. The van der Waals surface area contributed by atoms with E-state index >= 15 is 0 Å². The summed E-state index contributed by atoms with van der Waals surface area (Å²) in [4.78, 5) is 22.8. The highest BCUT2D eigenvalue weighted by molar-refractivity contribution is 7.21. The molecule has 0 aliphatic heterocycles. The van der Waals surface area contributed by atoms with Gasteiger partial charge < -0.3 is 11.1 Å². The number of nitrogens with zero attached hydrogens (tertiary/aromatic N) is 2. The number of rotatable bonds is 2. The Labute approximate surface area is 143 Å². The summed E-state index contributed by atoms with van der Waals surface area (Å²) < 4.78 is 0. The highest BCUT2D eigenvalue weighted by Gasteiger charge is 2.20. The van der Waals surface area contributed by atoms with Gasteiger partial charge >= 0.3 is 0 Å². The molecular formula is C18H18N4OS. The fraction of sp³-hybridized carbons (Fsp3) is 0.278. The number of fused-ring (bicyclic) bond motifs is 2. The van der Waals surface area contributed by atoms with E-state index in [4.69, 9.17) is 10.7 Å². The van der Waals surface area contributed by atoms with E-state index in [1.807, 2.05) is 6.07 Å². The number of hydrogen-bond donors (Lipinski definition) is 2. The van der Waals surface area contributed by atoms with E-state index in [0.29, 0.717) is 16.4 Å². The van der Waals surface area contributed by atoms with Gasteiger partial charge in [0.2, 0.25) is 0 Å². The van der Waals surface area contributed by atoms with Gasteiger partial charge in [0, 0.05) is 17.3 Å². The van der Waals surface area contributed by atoms with Crippen LogP contribution in [0.3, 0.4) is 0 Å². The summed E-state index contributed by atoms with van der Waals surface area (Å²) in [6.45, 7) is 0. The summed E-state index contributed by atoms with van der Waals surface area (Å²) in [5, 5.41) is 3.69. The SMILES string of the molecule is Nc1c(C(=O)Nc2ccccn2)sc2nc3c(cc12)CCCCC3. The van der Waals surface area contributed by atoms with Crippen LogP contribution in [0.5, 0.6) is 0 Å². The van der Waals surface area contributed by atoms with Crippen molar-refractivity contribution >= 4 is 39.0 Å². The number of nitrogen functional groups attached to an aromatic ring is 1. The molecular weight excluding hydrogens is 320 g/mol. The number of thiophene rings is 1. The minimum Gasteiger partial charge on any atom is -0.397 e. The third-order valence-electron chi connectivity index (χ3n) is 4.36. The second-order valence-corrected chi connectivity index (χ2v) is 7.02. The van der Waals surface area contributed by atoms with Gasteiger partial charge in [0.25, 0.3) is 5.91 Å². The van der Waals surface area contributed by atoms with E-state index < -0.39 is 0 Å². The molecule has 0 fully saturated rings. The van der Waals surface area contributed by atoms with Crippen molar-refractivity contribution in [3.05, 3.63) is 46.6 Å². The first-order valence-electron chi connectivity index (χ1n) is 8.15. The number of aryl methyl sites for hydroxylation is 2. The van der Waals surface area contributed by atoms with E-state index in [1.165, 1.54) is 36.2 Å². The van der Waals surface area contributed by atoms with Gasteiger partial charge in [-0.15, -0.1) is 11.3 Å². The molecule has 0 bridgehead atoms. The predicted octanol–water partition coefficient (Wildman–Crippen LogP) is 3.79. The first kappa shape index (κ1) is 15.1. The number of hydrogen-bond acceptors (Lipinski definition) is 5. The van der Waals surface area contributed by atoms with Crippen molar-refractivity contribution in [2.24, 2.45) is 0 Å². The zero-order valence-corrected chi connectivity index (χ0v) is 14.0. The quantitative estimate of drug-likeness (QED) is 0.697. The van der Waals surface area contributed by atoms with Gasteiger partial charge in [-0.05, 0) is 49.4 Å². The average Bonchev–Trinajstić information content (AvgIpc) is 2.77. The standard InChI is InChI=1S/C18H18N4OS/c19-15-12-10-11-6-2-1-3-7-13(11)21-18(12)24-16(15)17(23)22-14-8-4-5-9-20-14/h4-5,8-10H,1-3,6-7,19H2,(H,20,22,23). The molecule has 0 spiro atoms. The van der Waals surface area contributed by atoms with Crippen LogP contribution in [0.25, 0.3) is 10.2 Å². The molecule has 0 aromatic carbocycles. The Morgan fingerprint density at radius 1 is 1.21 bits per heavy atom. The second-order valence-electron chi connectivity index (χ2n) is 6.02. The van der Waals surface area contributed by atoms with Gasteiger partial charge in [0.05, 0.1) is 5.69 Å². The molecule has 1 aliphatic rings. The summed E-state index contributed by atoms with van der Waals surface area (Å²) in [5.41, 5.74) is 9.22. The van der Waals surface area contributed by atoms with Crippen LogP contribution in [0, 0.1) is 0 Å². The number of carbonyl (C=O) groups excluding carboxylic acids is 1. The summed E-state index contributed by atoms with van der Waals surface area (Å²) in [6, 6.07) is 7.52. The highest BCUT2D eigenvalue weighted by Crippen LogP contribution is 2.35. The summed E-state index contributed by atoms with van der Waals surface area (Å²) in [6.07, 6.45) is 7.32. The zero-order valence-electron chi connectivity index (χ0n) is 13.2. The minimum atomic E-state index is -0.232. The van der Waals surface area contributed by atoms with E-state index in [1.54, 1.807) is 18.3 Å². The van der Waals surface area contributed by atoms with E-state index in [9.17, 15) is 4.79 Å². The predicted molar refractivity (Wildman–Crippen MR) is 97.5 cm³/mol. The Bertz CT molecular complexity index is 904. The summed E-state index contributed by atoms with van der Waals surface area (Å²) in [7, 11) is 0. The molecule has 3 aromatic heterocycles. The molecule has 3 N–H and O–H groups in total. The van der Waals surface area contributed by atoms with Gasteiger partial charge in [-0.1, -0.05) is 12.5 Å². The molecule has 4 rings (SSSR count). The van der Waals surface area contributed by atoms with Crippen LogP contribution in [0.1, 0.15) is 40.2 Å². The zero-order chi connectivity index (χ0) is 16.5. The largest absolute Gasteiger partial charge is 0.397 e. The molecule has 0 radical (unpaired) electrons. The van der Waals surface area contributed by atoms with Crippen LogP contribution < -0.4 is 11.1 Å². The van der Waals surface area contributed by atoms with Gasteiger partial charge in [-0.2, -0.15) is 0 Å². The topological polar surface area (TPSA) is 80.9 Å². The van der Waals surface area contributed by atoms with Crippen molar-refractivity contribution in [2.75, 3.05) is 11.1 Å². The van der Waals surface area contributed by atoms with Crippen LogP contribution in [-0.2, 0) is 12.8 Å². The van der Waals surface area contributed by atoms with Gasteiger partial charge in [0.15, 0.2) is 0 Å². The Morgan fingerprint density at radius 2 is 2.08 bits per heavy atom. The van der Waals surface area contributed by atoms with E-state index in [2.05, 4.69) is 16.4 Å². The monoisotopic (exact) mass is 338 g/mol. The van der Waals surface area contributed by atoms with E-state index in [-0.39, 0.29) is 5.91 Å². The van der Waals surface area contributed by atoms with Crippen LogP contribution in [-0.4, -0.2) is 15.9 Å². The Kier molecular flexibility index (Phi) is 3.90. The van der Waals surface area contributed by atoms with Crippen molar-refractivity contribution in [3.63, 3.8) is 0 Å². The van der Waals surface area contributed by atoms with Crippen molar-refractivity contribution in [3.8, 4) is 0 Å². The van der Waals surface area contributed by atoms with Crippen LogP contribution in [0.4, 0.5) is 11.5 Å². The second kappa shape index (κ2) is 6.20. The lowest BCUT2D eigenvalue weighted by Gasteiger charge is -2.04. The summed E-state index contributed by atoms with van der Waals surface area (Å²) >= 11 is 1.35. The van der Waals surface area contributed by atoms with Crippen molar-refractivity contribution in [1.82, 2.24) is 9.97 Å². The molecule has 24 heavy (non-hydrogen) atoms. The van der Waals surface area contributed by atoms with Crippen molar-refractivity contribution in [2.45, 2.75) is 32.1 Å². The molecule has 0 atom stereocenters. The summed E-state index contributed by atoms with van der Waals surface area (Å²) in [5.74, 6) is 0.285. The first-order valence-corrected chi connectivity index (χ1v) is 8.97.